The minimum absolute atomic E-state index is 0.239. The summed E-state index contributed by atoms with van der Waals surface area (Å²) in [6, 6.07) is 1.17. The molecule has 9 heteroatoms. The first-order chi connectivity index (χ1) is 8.88. The fourth-order valence-electron chi connectivity index (χ4n) is 1.31. The Labute approximate surface area is 113 Å². The zero-order chi connectivity index (χ0) is 14.6. The Hall–Kier alpha value is -2.22. The van der Waals surface area contributed by atoms with Gasteiger partial charge in [-0.1, -0.05) is 11.6 Å². The summed E-state index contributed by atoms with van der Waals surface area (Å²) in [6.45, 7) is -0.327. The van der Waals surface area contributed by atoms with Crippen LogP contribution in [0.25, 0.3) is 0 Å². The number of carbonyl (C=O) groups is 2. The molecule has 0 unspecified atom stereocenters. The minimum atomic E-state index is -0.797. The molecule has 1 aromatic heterocycles. The average Bonchev–Trinajstić information content (AvgIpc) is 2.36. The molecular formula is C10H10ClN3O5. The Morgan fingerprint density at radius 2 is 2.21 bits per heavy atom. The number of hydrogen-bond acceptors (Lipinski definition) is 6. The summed E-state index contributed by atoms with van der Waals surface area (Å²) in [5, 5.41) is 10.5. The van der Waals surface area contributed by atoms with Crippen molar-refractivity contribution in [3.05, 3.63) is 33.1 Å². The number of hydrogen-bond donors (Lipinski definition) is 0. The third-order valence-corrected chi connectivity index (χ3v) is 2.51. The van der Waals surface area contributed by atoms with Gasteiger partial charge in [-0.2, -0.15) is 0 Å². The molecule has 1 amide bonds. The van der Waals surface area contributed by atoms with E-state index in [9.17, 15) is 19.7 Å². The third kappa shape index (κ3) is 3.38. The molecule has 0 aliphatic carbocycles. The number of halogens is 1. The van der Waals surface area contributed by atoms with Crippen molar-refractivity contribution >= 4 is 29.2 Å². The van der Waals surface area contributed by atoms with Crippen molar-refractivity contribution in [3.8, 4) is 0 Å². The largest absolute Gasteiger partial charge is 0.468 e. The van der Waals surface area contributed by atoms with Crippen LogP contribution < -0.4 is 0 Å². The van der Waals surface area contributed by atoms with Crippen LogP contribution in [0.15, 0.2) is 12.3 Å². The maximum Gasteiger partial charge on any atom is 0.325 e. The zero-order valence-corrected chi connectivity index (χ0v) is 10.9. The van der Waals surface area contributed by atoms with Gasteiger partial charge in [0.1, 0.15) is 12.1 Å². The number of amides is 1. The number of rotatable bonds is 4. The van der Waals surface area contributed by atoms with Gasteiger partial charge in [-0.25, -0.2) is 4.98 Å². The lowest BCUT2D eigenvalue weighted by Crippen LogP contribution is -2.33. The molecule has 0 aliphatic heterocycles. The molecule has 1 aromatic rings. The second-order valence-corrected chi connectivity index (χ2v) is 3.85. The molecule has 0 spiro atoms. The predicted molar refractivity (Wildman–Crippen MR) is 64.9 cm³/mol. The van der Waals surface area contributed by atoms with Gasteiger partial charge >= 0.3 is 11.7 Å². The van der Waals surface area contributed by atoms with Crippen LogP contribution in [0.3, 0.4) is 0 Å². The van der Waals surface area contributed by atoms with Crippen molar-refractivity contribution in [1.29, 1.82) is 0 Å². The molecular weight excluding hydrogens is 278 g/mol. The van der Waals surface area contributed by atoms with Crippen molar-refractivity contribution in [2.24, 2.45) is 0 Å². The minimum Gasteiger partial charge on any atom is -0.468 e. The predicted octanol–water partition coefficient (Wildman–Crippen LogP) is 0.888. The van der Waals surface area contributed by atoms with Crippen molar-refractivity contribution in [2.45, 2.75) is 0 Å². The second kappa shape index (κ2) is 6.10. The van der Waals surface area contributed by atoms with Gasteiger partial charge in [0.25, 0.3) is 5.91 Å². The Morgan fingerprint density at radius 1 is 1.58 bits per heavy atom. The van der Waals surface area contributed by atoms with Crippen molar-refractivity contribution in [1.82, 2.24) is 9.88 Å². The summed E-state index contributed by atoms with van der Waals surface area (Å²) in [5.41, 5.74) is -0.831. The highest BCUT2D eigenvalue weighted by Crippen LogP contribution is 2.26. The number of pyridine rings is 1. The van der Waals surface area contributed by atoms with Crippen molar-refractivity contribution < 1.29 is 19.2 Å². The van der Waals surface area contributed by atoms with Gasteiger partial charge in [-0.3, -0.25) is 19.7 Å². The number of aromatic nitrogens is 1. The summed E-state index contributed by atoms with van der Waals surface area (Å²) >= 11 is 5.59. The van der Waals surface area contributed by atoms with Crippen molar-refractivity contribution in [3.63, 3.8) is 0 Å². The SMILES string of the molecule is COC(=O)CN(C)C(=O)c1ccnc(Cl)c1[N+](=O)[O-]. The first kappa shape index (κ1) is 14.8. The Balaban J connectivity index is 3.09. The molecule has 0 bridgehead atoms. The molecule has 19 heavy (non-hydrogen) atoms. The van der Waals surface area contributed by atoms with Gasteiger partial charge in [-0.15, -0.1) is 0 Å². The summed E-state index contributed by atoms with van der Waals surface area (Å²) in [4.78, 5) is 37.7. The number of likely N-dealkylation sites (N-methyl/N-ethyl adjacent to an activating group) is 1. The van der Waals surface area contributed by atoms with Crippen LogP contribution in [-0.2, 0) is 9.53 Å². The molecule has 0 radical (unpaired) electrons. The summed E-state index contributed by atoms with van der Waals surface area (Å²) in [7, 11) is 2.49. The molecule has 0 aromatic carbocycles. The smallest absolute Gasteiger partial charge is 0.325 e. The molecule has 0 fully saturated rings. The highest BCUT2D eigenvalue weighted by molar-refractivity contribution is 6.32. The van der Waals surface area contributed by atoms with Crippen LogP contribution in [-0.4, -0.2) is 47.4 Å². The van der Waals surface area contributed by atoms with Gasteiger partial charge < -0.3 is 9.64 Å². The molecule has 1 rings (SSSR count). The molecule has 0 saturated heterocycles. The lowest BCUT2D eigenvalue weighted by molar-refractivity contribution is -0.385. The van der Waals surface area contributed by atoms with Gasteiger partial charge in [0.05, 0.1) is 12.0 Å². The van der Waals surface area contributed by atoms with E-state index in [-0.39, 0.29) is 17.3 Å². The second-order valence-electron chi connectivity index (χ2n) is 3.49. The van der Waals surface area contributed by atoms with E-state index >= 15 is 0 Å². The normalized spacial score (nSPS) is 9.84. The monoisotopic (exact) mass is 287 g/mol. The highest BCUT2D eigenvalue weighted by Gasteiger charge is 2.27. The van der Waals surface area contributed by atoms with E-state index in [0.717, 1.165) is 4.90 Å². The molecule has 0 N–H and O–H groups in total. The fraction of sp³-hybridized carbons (Fsp3) is 0.300. The Bertz CT molecular complexity index is 534. The lowest BCUT2D eigenvalue weighted by Gasteiger charge is -2.15. The molecule has 0 atom stereocenters. The van der Waals surface area contributed by atoms with E-state index in [4.69, 9.17) is 11.6 Å². The van der Waals surface area contributed by atoms with E-state index in [0.29, 0.717) is 0 Å². The van der Waals surface area contributed by atoms with Gasteiger partial charge in [0, 0.05) is 13.2 Å². The number of methoxy groups -OCH3 is 1. The zero-order valence-electron chi connectivity index (χ0n) is 10.1. The van der Waals surface area contributed by atoms with E-state index in [2.05, 4.69) is 9.72 Å². The summed E-state index contributed by atoms with van der Waals surface area (Å²) in [5.74, 6) is -1.36. The van der Waals surface area contributed by atoms with Gasteiger partial charge in [0.2, 0.25) is 5.15 Å². The number of nitrogens with zero attached hydrogens (tertiary/aromatic N) is 3. The average molecular weight is 288 g/mol. The lowest BCUT2D eigenvalue weighted by atomic mass is 10.2. The van der Waals surface area contributed by atoms with Crippen LogP contribution in [0.5, 0.6) is 0 Å². The number of esters is 1. The number of carbonyl (C=O) groups excluding carboxylic acids is 2. The Kier molecular flexibility index (Phi) is 4.76. The van der Waals surface area contributed by atoms with E-state index in [1.807, 2.05) is 0 Å². The highest BCUT2D eigenvalue weighted by atomic mass is 35.5. The van der Waals surface area contributed by atoms with Crippen LogP contribution in [0.2, 0.25) is 5.15 Å². The number of nitro groups is 1. The fourth-order valence-corrected chi connectivity index (χ4v) is 1.54. The van der Waals surface area contributed by atoms with Crippen molar-refractivity contribution in [2.75, 3.05) is 20.7 Å². The van der Waals surface area contributed by atoms with E-state index < -0.39 is 22.5 Å². The maximum absolute atomic E-state index is 12.0. The standard InChI is InChI=1S/C10H10ClN3O5/c1-13(5-7(15)19-2)10(16)6-3-4-12-9(11)8(6)14(17)18/h3-4H,5H2,1-2H3. The van der Waals surface area contributed by atoms with E-state index in [1.54, 1.807) is 0 Å². The van der Waals surface area contributed by atoms with Gasteiger partial charge in [0.15, 0.2) is 0 Å². The molecule has 0 saturated carbocycles. The van der Waals surface area contributed by atoms with Crippen LogP contribution in [0.4, 0.5) is 5.69 Å². The topological polar surface area (TPSA) is 103 Å². The Morgan fingerprint density at radius 3 is 2.74 bits per heavy atom. The quantitative estimate of drug-likeness (QED) is 0.352. The molecule has 1 heterocycles. The first-order valence-electron chi connectivity index (χ1n) is 4.99. The molecule has 8 nitrogen and oxygen atoms in total. The van der Waals surface area contributed by atoms with Crippen LogP contribution in [0, 0.1) is 10.1 Å². The maximum atomic E-state index is 12.0. The summed E-state index contributed by atoms with van der Waals surface area (Å²) in [6.07, 6.45) is 1.18. The molecule has 0 aliphatic rings. The summed E-state index contributed by atoms with van der Waals surface area (Å²) < 4.78 is 4.40. The van der Waals surface area contributed by atoms with Crippen LogP contribution >= 0.6 is 11.6 Å². The third-order valence-electron chi connectivity index (χ3n) is 2.23. The molecule has 102 valence electrons. The van der Waals surface area contributed by atoms with Crippen LogP contribution in [0.1, 0.15) is 10.4 Å². The number of ether oxygens (including phenoxy) is 1. The van der Waals surface area contributed by atoms with Gasteiger partial charge in [-0.05, 0) is 6.07 Å². The first-order valence-corrected chi connectivity index (χ1v) is 5.37. The van der Waals surface area contributed by atoms with E-state index in [1.165, 1.54) is 26.4 Å².